The van der Waals surface area contributed by atoms with Gasteiger partial charge in [0.25, 0.3) is 0 Å². The van der Waals surface area contributed by atoms with Gasteiger partial charge < -0.3 is 16.0 Å². The Morgan fingerprint density at radius 1 is 1.24 bits per heavy atom. The molecule has 1 aromatic heterocycles. The van der Waals surface area contributed by atoms with Crippen molar-refractivity contribution in [3.8, 4) is 0 Å². The highest BCUT2D eigenvalue weighted by Crippen LogP contribution is 2.24. The Morgan fingerprint density at radius 2 is 1.90 bits per heavy atom. The molecule has 0 spiro atoms. The summed E-state index contributed by atoms with van der Waals surface area (Å²) in [6, 6.07) is 5.84. The van der Waals surface area contributed by atoms with Gasteiger partial charge in [-0.2, -0.15) is 9.97 Å². The Labute approximate surface area is 127 Å². The molecule has 0 unspecified atom stereocenters. The fraction of sp³-hybridized carbons (Fsp3) is 0.214. The van der Waals surface area contributed by atoms with Crippen molar-refractivity contribution in [2.24, 2.45) is 0 Å². The van der Waals surface area contributed by atoms with E-state index in [1.807, 2.05) is 6.92 Å². The molecule has 0 radical (unpaired) electrons. The lowest BCUT2D eigenvalue weighted by Gasteiger charge is -2.13. The largest absolute Gasteiger partial charge is 0.369 e. The van der Waals surface area contributed by atoms with E-state index in [1.54, 1.807) is 12.1 Å². The van der Waals surface area contributed by atoms with E-state index in [0.29, 0.717) is 29.4 Å². The lowest BCUT2D eigenvalue weighted by molar-refractivity contribution is 0.628. The maximum atomic E-state index is 12.9. The van der Waals surface area contributed by atoms with Crippen molar-refractivity contribution in [2.45, 2.75) is 13.3 Å². The second kappa shape index (κ2) is 6.99. The van der Waals surface area contributed by atoms with E-state index in [2.05, 4.69) is 20.6 Å². The SMILES string of the molecule is CCCNc1nc(Cl)nc(Nc2ccc(F)cc2)c1C=N. The fourth-order valence-corrected chi connectivity index (χ4v) is 1.89. The van der Waals surface area contributed by atoms with Crippen LogP contribution in [0.15, 0.2) is 24.3 Å². The number of halogens is 2. The molecule has 110 valence electrons. The Bertz CT molecular complexity index is 630. The Hall–Kier alpha value is -2.21. The molecule has 3 N–H and O–H groups in total. The standard InChI is InChI=1S/C14H15ClFN5/c1-2-7-18-12-11(8-17)13(21-14(15)20-12)19-10-5-3-9(16)4-6-10/h3-6,8,17H,2,7H2,1H3,(H2,18,19,20,21). The molecule has 0 aliphatic carbocycles. The zero-order valence-electron chi connectivity index (χ0n) is 11.5. The zero-order chi connectivity index (χ0) is 15.2. The second-order valence-corrected chi connectivity index (χ2v) is 4.64. The summed E-state index contributed by atoms with van der Waals surface area (Å²) >= 11 is 5.91. The number of hydrogen-bond donors (Lipinski definition) is 3. The van der Waals surface area contributed by atoms with E-state index >= 15 is 0 Å². The van der Waals surface area contributed by atoms with Gasteiger partial charge in [-0.25, -0.2) is 4.39 Å². The number of hydrogen-bond acceptors (Lipinski definition) is 5. The minimum absolute atomic E-state index is 0.0730. The quantitative estimate of drug-likeness (QED) is 0.560. The Balaban J connectivity index is 2.35. The molecule has 1 heterocycles. The highest BCUT2D eigenvalue weighted by atomic mass is 35.5. The molecule has 0 aliphatic heterocycles. The third kappa shape index (κ3) is 3.88. The van der Waals surface area contributed by atoms with Crippen molar-refractivity contribution in [3.05, 3.63) is 40.9 Å². The number of nitrogens with zero attached hydrogens (tertiary/aromatic N) is 2. The number of benzene rings is 1. The first kappa shape index (κ1) is 15.2. The summed E-state index contributed by atoms with van der Waals surface area (Å²) in [6.45, 7) is 2.74. The van der Waals surface area contributed by atoms with Crippen molar-refractivity contribution in [1.29, 1.82) is 5.41 Å². The van der Waals surface area contributed by atoms with Crippen molar-refractivity contribution in [1.82, 2.24) is 9.97 Å². The van der Waals surface area contributed by atoms with E-state index in [1.165, 1.54) is 12.1 Å². The van der Waals surface area contributed by atoms with Crippen LogP contribution in [0.25, 0.3) is 0 Å². The van der Waals surface area contributed by atoms with Gasteiger partial charge in [-0.05, 0) is 42.3 Å². The molecule has 0 aliphatic rings. The summed E-state index contributed by atoms with van der Waals surface area (Å²) in [5.41, 5.74) is 1.15. The first-order valence-corrected chi connectivity index (χ1v) is 6.86. The number of nitrogens with one attached hydrogen (secondary N) is 3. The normalized spacial score (nSPS) is 10.2. The maximum absolute atomic E-state index is 12.9. The third-order valence-corrected chi connectivity index (χ3v) is 2.88. The third-order valence-electron chi connectivity index (χ3n) is 2.71. The van der Waals surface area contributed by atoms with E-state index in [0.717, 1.165) is 12.6 Å². The van der Waals surface area contributed by atoms with Crippen LogP contribution in [0.2, 0.25) is 5.28 Å². The lowest BCUT2D eigenvalue weighted by Crippen LogP contribution is -2.09. The lowest BCUT2D eigenvalue weighted by atomic mass is 10.2. The van der Waals surface area contributed by atoms with Crippen LogP contribution < -0.4 is 10.6 Å². The molecule has 0 amide bonds. The summed E-state index contributed by atoms with van der Waals surface area (Å²) in [6.07, 6.45) is 2.07. The number of rotatable bonds is 6. The van der Waals surface area contributed by atoms with E-state index < -0.39 is 0 Å². The molecule has 21 heavy (non-hydrogen) atoms. The molecule has 2 rings (SSSR count). The molecule has 0 bridgehead atoms. The summed E-state index contributed by atoms with van der Waals surface area (Å²) in [5.74, 6) is 0.575. The summed E-state index contributed by atoms with van der Waals surface area (Å²) in [7, 11) is 0. The highest BCUT2D eigenvalue weighted by Gasteiger charge is 2.12. The predicted molar refractivity (Wildman–Crippen MR) is 83.4 cm³/mol. The van der Waals surface area contributed by atoms with Crippen LogP contribution in [-0.4, -0.2) is 22.7 Å². The molecule has 0 saturated carbocycles. The Kier molecular flexibility index (Phi) is 5.05. The van der Waals surface area contributed by atoms with E-state index in [4.69, 9.17) is 17.0 Å². The van der Waals surface area contributed by atoms with Gasteiger partial charge in [0.15, 0.2) is 0 Å². The van der Waals surface area contributed by atoms with Gasteiger partial charge in [0.1, 0.15) is 17.5 Å². The molecular formula is C14H15ClFN5. The van der Waals surface area contributed by atoms with Gasteiger partial charge in [-0.1, -0.05) is 6.92 Å². The minimum atomic E-state index is -0.321. The van der Waals surface area contributed by atoms with Crippen molar-refractivity contribution < 1.29 is 4.39 Å². The molecule has 2 aromatic rings. The molecule has 7 heteroatoms. The van der Waals surface area contributed by atoms with Crippen LogP contribution >= 0.6 is 11.6 Å². The van der Waals surface area contributed by atoms with Crippen LogP contribution in [-0.2, 0) is 0 Å². The van der Waals surface area contributed by atoms with Crippen LogP contribution in [0.5, 0.6) is 0 Å². The zero-order valence-corrected chi connectivity index (χ0v) is 12.2. The first-order chi connectivity index (χ1) is 10.1. The fourth-order valence-electron chi connectivity index (χ4n) is 1.72. The van der Waals surface area contributed by atoms with Gasteiger partial charge in [-0.3, -0.25) is 0 Å². The van der Waals surface area contributed by atoms with Crippen LogP contribution in [0, 0.1) is 11.2 Å². The first-order valence-electron chi connectivity index (χ1n) is 6.48. The molecule has 0 saturated heterocycles. The maximum Gasteiger partial charge on any atom is 0.226 e. The molecule has 1 aromatic carbocycles. The van der Waals surface area contributed by atoms with Crippen LogP contribution in [0.4, 0.5) is 21.7 Å². The summed E-state index contributed by atoms with van der Waals surface area (Å²) < 4.78 is 12.9. The number of anilines is 3. The van der Waals surface area contributed by atoms with Crippen molar-refractivity contribution in [3.63, 3.8) is 0 Å². The number of aromatic nitrogens is 2. The van der Waals surface area contributed by atoms with Gasteiger partial charge in [0.05, 0.1) is 5.56 Å². The van der Waals surface area contributed by atoms with E-state index in [-0.39, 0.29) is 11.1 Å². The highest BCUT2D eigenvalue weighted by molar-refractivity contribution is 6.28. The molecule has 0 atom stereocenters. The van der Waals surface area contributed by atoms with Crippen molar-refractivity contribution >= 4 is 35.1 Å². The van der Waals surface area contributed by atoms with Crippen LogP contribution in [0.1, 0.15) is 18.9 Å². The monoisotopic (exact) mass is 307 g/mol. The van der Waals surface area contributed by atoms with Gasteiger partial charge in [0, 0.05) is 18.4 Å². The molecule has 0 fully saturated rings. The van der Waals surface area contributed by atoms with Gasteiger partial charge >= 0.3 is 0 Å². The molecule has 5 nitrogen and oxygen atoms in total. The molecular weight excluding hydrogens is 293 g/mol. The van der Waals surface area contributed by atoms with Crippen LogP contribution in [0.3, 0.4) is 0 Å². The smallest absolute Gasteiger partial charge is 0.226 e. The topological polar surface area (TPSA) is 73.7 Å². The van der Waals surface area contributed by atoms with Gasteiger partial charge in [-0.15, -0.1) is 0 Å². The summed E-state index contributed by atoms with van der Waals surface area (Å²) in [4.78, 5) is 8.18. The van der Waals surface area contributed by atoms with E-state index in [9.17, 15) is 4.39 Å². The average molecular weight is 308 g/mol. The Morgan fingerprint density at radius 3 is 2.52 bits per heavy atom. The second-order valence-electron chi connectivity index (χ2n) is 4.31. The van der Waals surface area contributed by atoms with Crippen molar-refractivity contribution in [2.75, 3.05) is 17.2 Å². The van der Waals surface area contributed by atoms with Gasteiger partial charge in [0.2, 0.25) is 5.28 Å². The minimum Gasteiger partial charge on any atom is -0.369 e. The summed E-state index contributed by atoms with van der Waals surface area (Å²) in [5, 5.41) is 13.7. The predicted octanol–water partition coefficient (Wildman–Crippen LogP) is 3.83. The average Bonchev–Trinajstić information content (AvgIpc) is 2.47.